The number of benzene rings is 2. The number of nitrogens with two attached hydrogens (primary N) is 1. The van der Waals surface area contributed by atoms with E-state index in [-0.39, 0.29) is 51.0 Å². The normalized spacial score (nSPS) is 19.0. The number of piperazine rings is 1. The van der Waals surface area contributed by atoms with Crippen LogP contribution in [0.15, 0.2) is 53.9 Å². The molecule has 7 rings (SSSR count). The molecule has 5 aromatic rings. The average molecular weight is 650 g/mol. The minimum Gasteiger partial charge on any atom is -0.472 e. The predicted molar refractivity (Wildman–Crippen MR) is 171 cm³/mol. The third-order valence-corrected chi connectivity index (χ3v) is 9.50. The number of likely N-dealkylation sites (tertiary alicyclic amines) is 1. The lowest BCUT2D eigenvalue weighted by molar-refractivity contribution is -0.126. The fourth-order valence-corrected chi connectivity index (χ4v) is 7.01. The van der Waals surface area contributed by atoms with Crippen LogP contribution in [0.2, 0.25) is 0 Å². The molecule has 0 unspecified atom stereocenters. The van der Waals surface area contributed by atoms with Crippen LogP contribution < -0.4 is 15.4 Å². The van der Waals surface area contributed by atoms with Crippen LogP contribution in [0.3, 0.4) is 0 Å². The average Bonchev–Trinajstić information content (AvgIpc) is 3.80. The van der Waals surface area contributed by atoms with Gasteiger partial charge in [0.25, 0.3) is 0 Å². The second-order valence-corrected chi connectivity index (χ2v) is 12.5. The number of hydrogen-bond donors (Lipinski definition) is 1. The van der Waals surface area contributed by atoms with Gasteiger partial charge in [-0.25, -0.2) is 18.2 Å². The predicted octanol–water partition coefficient (Wildman–Crippen LogP) is 5.28. The van der Waals surface area contributed by atoms with Gasteiger partial charge in [0.15, 0.2) is 10.9 Å². The highest BCUT2D eigenvalue weighted by molar-refractivity contribution is 7.22. The second kappa shape index (κ2) is 11.9. The monoisotopic (exact) mass is 649 g/mol. The molecule has 0 radical (unpaired) electrons. The summed E-state index contributed by atoms with van der Waals surface area (Å²) in [4.78, 5) is 31.4. The molecule has 10 nitrogen and oxygen atoms in total. The van der Waals surface area contributed by atoms with Gasteiger partial charge in [0.2, 0.25) is 5.91 Å². The van der Waals surface area contributed by atoms with Crippen LogP contribution >= 0.6 is 11.3 Å². The quantitative estimate of drug-likeness (QED) is 0.235. The second-order valence-electron chi connectivity index (χ2n) is 11.4. The Morgan fingerprint density at radius 2 is 1.96 bits per heavy atom. The first-order chi connectivity index (χ1) is 22.2. The smallest absolute Gasteiger partial charge is 0.319 e. The van der Waals surface area contributed by atoms with Gasteiger partial charge in [-0.2, -0.15) is 9.97 Å². The standard InChI is InChI=1S/C32H30F3N7O3S/c1-3-24(43)41-7-9-42(10-8-41)30-22-13-21(17-6-11-44-15-17)25(20-4-5-23(34)29-28(20)37-31(36)46-29)26(35)27(22)38-32(39-30)45-16-19-12-18(33)14-40(19)2/h3-6,11,13,15,18-19H,1,7-10,12,14,16H2,2H3,(H2,36,37)/t18-,19+/m1/s1. The van der Waals surface area contributed by atoms with Crippen LogP contribution in [0.25, 0.3) is 43.4 Å². The third kappa shape index (κ3) is 5.30. The number of carbonyl (C=O) groups is 1. The summed E-state index contributed by atoms with van der Waals surface area (Å²) in [6.07, 6.45) is 3.60. The number of furan rings is 1. The molecule has 2 atom stereocenters. The van der Waals surface area contributed by atoms with Crippen molar-refractivity contribution in [1.82, 2.24) is 24.8 Å². The number of halogens is 3. The Morgan fingerprint density at radius 1 is 1.15 bits per heavy atom. The highest BCUT2D eigenvalue weighted by Gasteiger charge is 2.31. The van der Waals surface area contributed by atoms with Crippen LogP contribution in [-0.2, 0) is 4.79 Å². The molecule has 238 valence electrons. The van der Waals surface area contributed by atoms with Crippen molar-refractivity contribution in [3.8, 4) is 28.3 Å². The minimum absolute atomic E-state index is 0.0179. The molecule has 1 amide bonds. The fourth-order valence-electron chi connectivity index (χ4n) is 6.24. The number of ether oxygens (including phenoxy) is 1. The Kier molecular flexibility index (Phi) is 7.77. The first-order valence-electron chi connectivity index (χ1n) is 14.8. The molecule has 0 spiro atoms. The van der Waals surface area contributed by atoms with E-state index in [2.05, 4.69) is 16.5 Å². The molecule has 2 aromatic carbocycles. The van der Waals surface area contributed by atoms with Crippen molar-refractivity contribution in [3.05, 3.63) is 61.1 Å². The summed E-state index contributed by atoms with van der Waals surface area (Å²) < 4.78 is 57.7. The highest BCUT2D eigenvalue weighted by atomic mass is 32.1. The molecule has 2 fully saturated rings. The largest absolute Gasteiger partial charge is 0.472 e. The van der Waals surface area contributed by atoms with Gasteiger partial charge in [0.05, 0.1) is 22.7 Å². The number of anilines is 2. The summed E-state index contributed by atoms with van der Waals surface area (Å²) in [5.41, 5.74) is 7.68. The summed E-state index contributed by atoms with van der Waals surface area (Å²) in [6.45, 7) is 5.64. The number of aromatic nitrogens is 3. The Morgan fingerprint density at radius 3 is 2.65 bits per heavy atom. The number of alkyl halides is 1. The summed E-state index contributed by atoms with van der Waals surface area (Å²) in [7, 11) is 1.82. The lowest BCUT2D eigenvalue weighted by Crippen LogP contribution is -2.48. The Labute approximate surface area is 265 Å². The molecule has 0 aliphatic carbocycles. The molecular formula is C32H30F3N7O3S. The number of carbonyl (C=O) groups excluding carboxylic acids is 1. The van der Waals surface area contributed by atoms with Crippen molar-refractivity contribution in [2.75, 3.05) is 57.0 Å². The molecule has 5 heterocycles. The van der Waals surface area contributed by atoms with Crippen molar-refractivity contribution in [2.45, 2.75) is 18.6 Å². The SMILES string of the molecule is C=CC(=O)N1CCN(c2nc(OC[C@@H]3C[C@@H](F)CN3C)nc3c(F)c(-c4ccc(F)c5sc(N)nc45)c(-c4ccoc4)cc23)CC1. The Hall–Kier alpha value is -4.69. The van der Waals surface area contributed by atoms with E-state index in [1.54, 1.807) is 17.0 Å². The minimum atomic E-state index is -0.963. The van der Waals surface area contributed by atoms with E-state index in [1.807, 2.05) is 16.8 Å². The zero-order valence-corrected chi connectivity index (χ0v) is 25.7. The van der Waals surface area contributed by atoms with Gasteiger partial charge in [-0.05, 0) is 49.4 Å². The van der Waals surface area contributed by atoms with Crippen molar-refractivity contribution in [1.29, 1.82) is 0 Å². The van der Waals surface area contributed by atoms with Crippen molar-refractivity contribution >= 4 is 49.3 Å². The van der Waals surface area contributed by atoms with E-state index in [4.69, 9.17) is 19.9 Å². The van der Waals surface area contributed by atoms with Crippen molar-refractivity contribution in [2.24, 2.45) is 0 Å². The summed E-state index contributed by atoms with van der Waals surface area (Å²) in [5.74, 6) is -0.953. The van der Waals surface area contributed by atoms with Gasteiger partial charge in [0.1, 0.15) is 29.9 Å². The highest BCUT2D eigenvalue weighted by Crippen LogP contribution is 2.44. The number of fused-ring (bicyclic) bond motifs is 2. The van der Waals surface area contributed by atoms with Crippen molar-refractivity contribution in [3.63, 3.8) is 0 Å². The van der Waals surface area contributed by atoms with E-state index in [1.165, 1.54) is 30.7 Å². The number of nitrogen functional groups attached to an aromatic ring is 1. The lowest BCUT2D eigenvalue weighted by Gasteiger charge is -2.35. The van der Waals surface area contributed by atoms with Gasteiger partial charge in [0, 0.05) is 60.8 Å². The molecule has 2 aliphatic heterocycles. The van der Waals surface area contributed by atoms with Crippen LogP contribution in [0.5, 0.6) is 6.01 Å². The molecular weight excluding hydrogens is 619 g/mol. The van der Waals surface area contributed by atoms with Gasteiger partial charge < -0.3 is 24.7 Å². The van der Waals surface area contributed by atoms with Gasteiger partial charge in [-0.15, -0.1) is 0 Å². The number of nitrogens with zero attached hydrogens (tertiary/aromatic N) is 6. The zero-order chi connectivity index (χ0) is 32.1. The van der Waals surface area contributed by atoms with E-state index in [9.17, 15) is 13.6 Å². The van der Waals surface area contributed by atoms with Crippen LogP contribution in [0, 0.1) is 11.6 Å². The van der Waals surface area contributed by atoms with E-state index in [0.29, 0.717) is 67.0 Å². The first-order valence-corrected chi connectivity index (χ1v) is 15.6. The Bertz CT molecular complexity index is 1960. The number of hydrogen-bond acceptors (Lipinski definition) is 10. The number of rotatable bonds is 7. The summed E-state index contributed by atoms with van der Waals surface area (Å²) in [5, 5.41) is 0.556. The number of thiazole rings is 1. The van der Waals surface area contributed by atoms with E-state index in [0.717, 1.165) is 11.3 Å². The topological polar surface area (TPSA) is 114 Å². The maximum atomic E-state index is 17.2. The first kappa shape index (κ1) is 30.0. The maximum Gasteiger partial charge on any atom is 0.319 e. The lowest BCUT2D eigenvalue weighted by atomic mass is 9.92. The molecule has 0 saturated carbocycles. The van der Waals surface area contributed by atoms with Crippen LogP contribution in [-0.4, -0.2) is 89.3 Å². The van der Waals surface area contributed by atoms with Gasteiger partial charge in [-0.3, -0.25) is 9.69 Å². The summed E-state index contributed by atoms with van der Waals surface area (Å²) >= 11 is 0.980. The zero-order valence-electron chi connectivity index (χ0n) is 24.9. The molecule has 2 N–H and O–H groups in total. The van der Waals surface area contributed by atoms with Gasteiger partial charge >= 0.3 is 6.01 Å². The van der Waals surface area contributed by atoms with Gasteiger partial charge in [-0.1, -0.05) is 17.9 Å². The summed E-state index contributed by atoms with van der Waals surface area (Å²) in [6, 6.07) is 5.96. The van der Waals surface area contributed by atoms with Crippen molar-refractivity contribution < 1.29 is 27.1 Å². The number of amides is 1. The van der Waals surface area contributed by atoms with E-state index >= 15 is 4.39 Å². The molecule has 14 heteroatoms. The Balaban J connectivity index is 1.41. The molecule has 46 heavy (non-hydrogen) atoms. The van der Waals surface area contributed by atoms with E-state index < -0.39 is 17.8 Å². The number of likely N-dealkylation sites (N-methyl/N-ethyl adjacent to an activating group) is 1. The molecule has 3 aromatic heterocycles. The molecule has 0 bridgehead atoms. The fraction of sp³-hybridized carbons (Fsp3) is 0.312. The maximum absolute atomic E-state index is 17.2. The molecule has 2 saturated heterocycles. The third-order valence-electron chi connectivity index (χ3n) is 8.61. The van der Waals surface area contributed by atoms with Crippen LogP contribution in [0.4, 0.5) is 24.1 Å². The van der Waals surface area contributed by atoms with Crippen LogP contribution in [0.1, 0.15) is 6.42 Å². The molecule has 2 aliphatic rings.